The average molecular weight is 284 g/mol. The molecular formula is C12H11F3N4O. The van der Waals surface area contributed by atoms with Crippen molar-refractivity contribution in [2.45, 2.75) is 19.2 Å². The molecule has 2 heterocycles. The summed E-state index contributed by atoms with van der Waals surface area (Å²) in [6.45, 7) is 0.918. The monoisotopic (exact) mass is 284 g/mol. The maximum Gasteiger partial charge on any atom is 0.425 e. The van der Waals surface area contributed by atoms with Crippen molar-refractivity contribution in [2.75, 3.05) is 5.73 Å². The van der Waals surface area contributed by atoms with Crippen LogP contribution in [0.25, 0.3) is 11.3 Å². The van der Waals surface area contributed by atoms with E-state index < -0.39 is 12.3 Å². The van der Waals surface area contributed by atoms with Crippen LogP contribution in [0.5, 0.6) is 5.88 Å². The highest BCUT2D eigenvalue weighted by atomic mass is 19.4. The average Bonchev–Trinajstić information content (AvgIpc) is 2.39. The van der Waals surface area contributed by atoms with Crippen molar-refractivity contribution in [3.63, 3.8) is 0 Å². The zero-order valence-electron chi connectivity index (χ0n) is 10.4. The predicted octanol–water partition coefficient (Wildman–Crippen LogP) is 2.45. The number of pyridine rings is 1. The molecule has 0 unspecified atom stereocenters. The first kappa shape index (κ1) is 14.0. The fourth-order valence-corrected chi connectivity index (χ4v) is 1.34. The second-order valence-electron chi connectivity index (χ2n) is 4.01. The minimum Gasteiger partial charge on any atom is -0.465 e. The quantitative estimate of drug-likeness (QED) is 0.937. The number of hydrogen-bond acceptors (Lipinski definition) is 5. The molecule has 0 aromatic carbocycles. The maximum atomic E-state index is 12.3. The van der Waals surface area contributed by atoms with Gasteiger partial charge in [-0.1, -0.05) is 0 Å². The molecule has 0 amide bonds. The van der Waals surface area contributed by atoms with Gasteiger partial charge in [0.25, 0.3) is 0 Å². The van der Waals surface area contributed by atoms with Crippen molar-refractivity contribution in [3.05, 3.63) is 30.7 Å². The lowest BCUT2D eigenvalue weighted by Crippen LogP contribution is -2.31. The largest absolute Gasteiger partial charge is 0.465 e. The fourth-order valence-electron chi connectivity index (χ4n) is 1.34. The maximum absolute atomic E-state index is 12.3. The Morgan fingerprint density at radius 2 is 1.85 bits per heavy atom. The lowest BCUT2D eigenvalue weighted by atomic mass is 10.2. The van der Waals surface area contributed by atoms with Crippen molar-refractivity contribution in [2.24, 2.45) is 0 Å². The molecule has 0 saturated heterocycles. The number of nitrogens with two attached hydrogens (primary N) is 1. The van der Waals surface area contributed by atoms with Gasteiger partial charge in [-0.25, -0.2) is 9.97 Å². The molecule has 2 aromatic heterocycles. The van der Waals surface area contributed by atoms with E-state index in [2.05, 4.69) is 15.0 Å². The molecule has 0 bridgehead atoms. The van der Waals surface area contributed by atoms with Crippen LogP contribution in [-0.2, 0) is 0 Å². The zero-order valence-corrected chi connectivity index (χ0v) is 10.4. The summed E-state index contributed by atoms with van der Waals surface area (Å²) < 4.78 is 41.7. The van der Waals surface area contributed by atoms with Gasteiger partial charge >= 0.3 is 6.18 Å². The van der Waals surface area contributed by atoms with Crippen molar-refractivity contribution in [1.29, 1.82) is 0 Å². The van der Waals surface area contributed by atoms with Gasteiger partial charge in [0.15, 0.2) is 6.10 Å². The smallest absolute Gasteiger partial charge is 0.425 e. The number of hydrogen-bond donors (Lipinski definition) is 1. The SMILES string of the molecule is C[C@@H](Oc1ccc(-c2cnc(N)cn2)cn1)C(F)(F)F. The molecule has 2 N–H and O–H groups in total. The van der Waals surface area contributed by atoms with Crippen molar-refractivity contribution < 1.29 is 17.9 Å². The van der Waals surface area contributed by atoms with Gasteiger partial charge in [-0.05, 0) is 13.0 Å². The summed E-state index contributed by atoms with van der Waals surface area (Å²) in [6.07, 6.45) is -2.16. The van der Waals surface area contributed by atoms with Crippen LogP contribution in [0.1, 0.15) is 6.92 Å². The van der Waals surface area contributed by atoms with Gasteiger partial charge < -0.3 is 10.5 Å². The molecule has 0 saturated carbocycles. The third kappa shape index (κ3) is 3.34. The number of nitrogen functional groups attached to an aromatic ring is 1. The van der Waals surface area contributed by atoms with Crippen molar-refractivity contribution in [3.8, 4) is 17.1 Å². The van der Waals surface area contributed by atoms with Gasteiger partial charge in [-0.2, -0.15) is 13.2 Å². The normalized spacial score (nSPS) is 13.0. The Labute approximate surface area is 112 Å². The van der Waals surface area contributed by atoms with Crippen LogP contribution in [0, 0.1) is 0 Å². The molecule has 0 aliphatic rings. The lowest BCUT2D eigenvalue weighted by molar-refractivity contribution is -0.189. The van der Waals surface area contributed by atoms with E-state index in [0.717, 1.165) is 6.92 Å². The molecular weight excluding hydrogens is 273 g/mol. The Morgan fingerprint density at radius 3 is 2.35 bits per heavy atom. The van der Waals surface area contributed by atoms with Gasteiger partial charge in [0.05, 0.1) is 18.1 Å². The Bertz CT molecular complexity index is 569. The van der Waals surface area contributed by atoms with Crippen molar-refractivity contribution in [1.82, 2.24) is 15.0 Å². The van der Waals surface area contributed by atoms with E-state index in [1.54, 1.807) is 6.07 Å². The number of nitrogens with zero attached hydrogens (tertiary/aromatic N) is 3. The summed E-state index contributed by atoms with van der Waals surface area (Å²) in [6, 6.07) is 2.89. The zero-order chi connectivity index (χ0) is 14.8. The van der Waals surface area contributed by atoms with E-state index >= 15 is 0 Å². The molecule has 0 aliphatic heterocycles. The molecule has 2 aromatic rings. The number of aromatic nitrogens is 3. The molecule has 0 fully saturated rings. The van der Waals surface area contributed by atoms with Crippen LogP contribution in [0.4, 0.5) is 19.0 Å². The van der Waals surface area contributed by atoms with Gasteiger partial charge in [0.2, 0.25) is 5.88 Å². The topological polar surface area (TPSA) is 73.9 Å². The van der Waals surface area contributed by atoms with Gasteiger partial charge in [0, 0.05) is 17.8 Å². The number of anilines is 1. The number of halogens is 3. The first-order valence-corrected chi connectivity index (χ1v) is 5.63. The second kappa shape index (κ2) is 5.32. The number of rotatable bonds is 3. The Morgan fingerprint density at radius 1 is 1.10 bits per heavy atom. The van der Waals surface area contributed by atoms with Crippen LogP contribution >= 0.6 is 0 Å². The highest BCUT2D eigenvalue weighted by Gasteiger charge is 2.38. The third-order valence-corrected chi connectivity index (χ3v) is 2.46. The summed E-state index contributed by atoms with van der Waals surface area (Å²) in [7, 11) is 0. The van der Waals surface area contributed by atoms with Crippen LogP contribution < -0.4 is 10.5 Å². The Kier molecular flexibility index (Phi) is 3.73. The van der Waals surface area contributed by atoms with Gasteiger partial charge in [-0.3, -0.25) is 4.98 Å². The van der Waals surface area contributed by atoms with Crippen LogP contribution in [-0.4, -0.2) is 27.2 Å². The van der Waals surface area contributed by atoms with E-state index in [9.17, 15) is 13.2 Å². The summed E-state index contributed by atoms with van der Waals surface area (Å²) in [5.74, 6) is 0.169. The molecule has 0 spiro atoms. The molecule has 5 nitrogen and oxygen atoms in total. The molecule has 1 atom stereocenters. The highest BCUT2D eigenvalue weighted by Crippen LogP contribution is 2.25. The van der Waals surface area contributed by atoms with Gasteiger partial charge in [-0.15, -0.1) is 0 Å². The molecule has 2 rings (SSSR count). The summed E-state index contributed by atoms with van der Waals surface area (Å²) in [5, 5.41) is 0. The molecule has 8 heteroatoms. The van der Waals surface area contributed by atoms with Crippen molar-refractivity contribution >= 4 is 5.82 Å². The second-order valence-corrected chi connectivity index (χ2v) is 4.01. The Hall–Kier alpha value is -2.38. The van der Waals surface area contributed by atoms with E-state index in [1.807, 2.05) is 0 Å². The first-order valence-electron chi connectivity index (χ1n) is 5.63. The van der Waals surface area contributed by atoms with Crippen LogP contribution in [0.2, 0.25) is 0 Å². The highest BCUT2D eigenvalue weighted by molar-refractivity contribution is 5.57. The van der Waals surface area contributed by atoms with Gasteiger partial charge in [0.1, 0.15) is 5.82 Å². The standard InChI is InChI=1S/C12H11F3N4O/c1-7(12(13,14)15)20-11-3-2-8(4-19-11)9-5-18-10(16)6-17-9/h2-7H,1H3,(H2,16,18)/t7-/m1/s1. The predicted molar refractivity (Wildman–Crippen MR) is 65.8 cm³/mol. The van der Waals surface area contributed by atoms with E-state index in [-0.39, 0.29) is 11.7 Å². The minimum atomic E-state index is -4.43. The van der Waals surface area contributed by atoms with E-state index in [4.69, 9.17) is 10.5 Å². The molecule has 106 valence electrons. The third-order valence-electron chi connectivity index (χ3n) is 2.46. The first-order chi connectivity index (χ1) is 9.36. The fraction of sp³-hybridized carbons (Fsp3) is 0.250. The molecule has 0 radical (unpaired) electrons. The summed E-state index contributed by atoms with van der Waals surface area (Å²) in [4.78, 5) is 11.7. The Balaban J connectivity index is 2.12. The molecule has 20 heavy (non-hydrogen) atoms. The number of alkyl halides is 3. The van der Waals surface area contributed by atoms with E-state index in [1.165, 1.54) is 24.7 Å². The van der Waals surface area contributed by atoms with Crippen LogP contribution in [0.3, 0.4) is 0 Å². The molecule has 0 aliphatic carbocycles. The number of ether oxygens (including phenoxy) is 1. The summed E-state index contributed by atoms with van der Waals surface area (Å²) in [5.41, 5.74) is 6.53. The lowest BCUT2D eigenvalue weighted by Gasteiger charge is -2.16. The van der Waals surface area contributed by atoms with Crippen LogP contribution in [0.15, 0.2) is 30.7 Å². The minimum absolute atomic E-state index is 0.109. The summed E-state index contributed by atoms with van der Waals surface area (Å²) >= 11 is 0. The van der Waals surface area contributed by atoms with E-state index in [0.29, 0.717) is 11.3 Å².